The van der Waals surface area contributed by atoms with E-state index in [0.717, 1.165) is 45.8 Å². The lowest BCUT2D eigenvalue weighted by Gasteiger charge is -2.36. The number of nitrogens with zero attached hydrogens (tertiary/aromatic N) is 1. The van der Waals surface area contributed by atoms with Crippen LogP contribution in [0.15, 0.2) is 24.3 Å². The van der Waals surface area contributed by atoms with Crippen molar-refractivity contribution in [2.75, 3.05) is 44.3 Å². The number of ether oxygens (including phenoxy) is 1. The number of hydrogen-bond acceptors (Lipinski definition) is 3. The third kappa shape index (κ3) is 3.53. The van der Waals surface area contributed by atoms with Gasteiger partial charge in [-0.05, 0) is 38.4 Å². The summed E-state index contributed by atoms with van der Waals surface area (Å²) in [6.07, 6.45) is 1.16. The minimum atomic E-state index is 0.258. The van der Waals surface area contributed by atoms with Gasteiger partial charge in [-0.25, -0.2) is 0 Å². The van der Waals surface area contributed by atoms with Gasteiger partial charge in [-0.15, -0.1) is 0 Å². The first-order valence-corrected chi connectivity index (χ1v) is 7.80. The molecule has 1 atom stereocenters. The molecule has 0 radical (unpaired) electrons. The van der Waals surface area contributed by atoms with E-state index in [2.05, 4.69) is 55.3 Å². The molecule has 0 bridgehead atoms. The van der Waals surface area contributed by atoms with Crippen molar-refractivity contribution in [3.05, 3.63) is 29.8 Å². The number of rotatable bonds is 7. The lowest BCUT2D eigenvalue weighted by atomic mass is 9.86. The van der Waals surface area contributed by atoms with E-state index in [1.165, 1.54) is 11.3 Å². The zero-order valence-electron chi connectivity index (χ0n) is 13.1. The molecular formula is C17H28N2O. The van der Waals surface area contributed by atoms with E-state index in [9.17, 15) is 0 Å². The standard InChI is InChI=1S/C17H28N2O/c1-4-18-12-17(10-11-20-14-17)13-19(5-2)16-9-7-6-8-15(16)3/h6-9,18H,4-5,10-14H2,1-3H3. The molecule has 3 heteroatoms. The van der Waals surface area contributed by atoms with Gasteiger partial charge in [-0.1, -0.05) is 25.1 Å². The predicted molar refractivity (Wildman–Crippen MR) is 85.5 cm³/mol. The molecule has 1 aromatic rings. The summed E-state index contributed by atoms with van der Waals surface area (Å²) in [4.78, 5) is 2.50. The van der Waals surface area contributed by atoms with E-state index in [1.807, 2.05) is 0 Å². The van der Waals surface area contributed by atoms with Gasteiger partial charge >= 0.3 is 0 Å². The van der Waals surface area contributed by atoms with Crippen LogP contribution in [0.1, 0.15) is 25.8 Å². The van der Waals surface area contributed by atoms with Crippen molar-refractivity contribution in [3.8, 4) is 0 Å². The Morgan fingerprint density at radius 1 is 1.30 bits per heavy atom. The first kappa shape index (κ1) is 15.3. The highest BCUT2D eigenvalue weighted by Gasteiger charge is 2.36. The van der Waals surface area contributed by atoms with Crippen LogP contribution in [0.25, 0.3) is 0 Å². The summed E-state index contributed by atoms with van der Waals surface area (Å²) in [6, 6.07) is 8.67. The fourth-order valence-corrected chi connectivity index (χ4v) is 3.05. The molecule has 1 unspecified atom stereocenters. The lowest BCUT2D eigenvalue weighted by Crippen LogP contribution is -2.45. The molecule has 1 fully saturated rings. The average Bonchev–Trinajstić information content (AvgIpc) is 2.93. The number of aryl methyl sites for hydroxylation is 1. The molecule has 0 aliphatic carbocycles. The fourth-order valence-electron chi connectivity index (χ4n) is 3.05. The van der Waals surface area contributed by atoms with Crippen molar-refractivity contribution >= 4 is 5.69 Å². The van der Waals surface area contributed by atoms with Crippen LogP contribution in [0.2, 0.25) is 0 Å². The Balaban J connectivity index is 2.13. The van der Waals surface area contributed by atoms with Gasteiger partial charge in [0.15, 0.2) is 0 Å². The zero-order chi connectivity index (χ0) is 14.4. The van der Waals surface area contributed by atoms with Crippen molar-refractivity contribution in [2.24, 2.45) is 5.41 Å². The Labute approximate surface area is 123 Å². The van der Waals surface area contributed by atoms with Gasteiger partial charge in [0, 0.05) is 37.3 Å². The molecule has 112 valence electrons. The summed E-state index contributed by atoms with van der Waals surface area (Å²) >= 11 is 0. The van der Waals surface area contributed by atoms with Crippen molar-refractivity contribution < 1.29 is 4.74 Å². The summed E-state index contributed by atoms with van der Waals surface area (Å²) in [5.41, 5.74) is 2.97. The van der Waals surface area contributed by atoms with Gasteiger partial charge in [0.25, 0.3) is 0 Å². The third-order valence-electron chi connectivity index (χ3n) is 4.30. The highest BCUT2D eigenvalue weighted by Crippen LogP contribution is 2.31. The maximum Gasteiger partial charge on any atom is 0.0552 e. The van der Waals surface area contributed by atoms with Crippen molar-refractivity contribution in [2.45, 2.75) is 27.2 Å². The largest absolute Gasteiger partial charge is 0.381 e. The Morgan fingerprint density at radius 3 is 2.70 bits per heavy atom. The van der Waals surface area contributed by atoms with Crippen molar-refractivity contribution in [1.82, 2.24) is 5.32 Å². The fraction of sp³-hybridized carbons (Fsp3) is 0.647. The van der Waals surface area contributed by atoms with Crippen LogP contribution in [0.3, 0.4) is 0 Å². The number of nitrogens with one attached hydrogen (secondary N) is 1. The molecule has 1 aliphatic rings. The summed E-state index contributed by atoms with van der Waals surface area (Å²) in [5.74, 6) is 0. The minimum absolute atomic E-state index is 0.258. The summed E-state index contributed by atoms with van der Waals surface area (Å²) in [5, 5.41) is 3.52. The topological polar surface area (TPSA) is 24.5 Å². The van der Waals surface area contributed by atoms with Crippen LogP contribution < -0.4 is 10.2 Å². The predicted octanol–water partition coefficient (Wildman–Crippen LogP) is 2.84. The molecule has 0 aromatic heterocycles. The highest BCUT2D eigenvalue weighted by molar-refractivity contribution is 5.53. The quantitative estimate of drug-likeness (QED) is 0.829. The Bertz CT molecular complexity index is 413. The second-order valence-electron chi connectivity index (χ2n) is 5.88. The maximum atomic E-state index is 5.70. The number of benzene rings is 1. The van der Waals surface area contributed by atoms with Gasteiger partial charge in [0.1, 0.15) is 0 Å². The second-order valence-corrected chi connectivity index (χ2v) is 5.88. The smallest absolute Gasteiger partial charge is 0.0552 e. The maximum absolute atomic E-state index is 5.70. The molecule has 1 saturated heterocycles. The van der Waals surface area contributed by atoms with Crippen molar-refractivity contribution in [3.63, 3.8) is 0 Å². The molecular weight excluding hydrogens is 248 g/mol. The van der Waals surface area contributed by atoms with E-state index in [0.29, 0.717) is 0 Å². The Kier molecular flexibility index (Phi) is 5.44. The van der Waals surface area contributed by atoms with Gasteiger partial charge in [-0.2, -0.15) is 0 Å². The second kappa shape index (κ2) is 7.09. The van der Waals surface area contributed by atoms with E-state index in [-0.39, 0.29) is 5.41 Å². The van der Waals surface area contributed by atoms with Gasteiger partial charge in [0.2, 0.25) is 0 Å². The molecule has 0 amide bonds. The van der Waals surface area contributed by atoms with Crippen LogP contribution >= 0.6 is 0 Å². The van der Waals surface area contributed by atoms with Gasteiger partial charge in [0.05, 0.1) is 6.61 Å². The van der Waals surface area contributed by atoms with Crippen LogP contribution in [-0.2, 0) is 4.74 Å². The summed E-state index contributed by atoms with van der Waals surface area (Å²) in [6.45, 7) is 12.6. The molecule has 1 N–H and O–H groups in total. The van der Waals surface area contributed by atoms with Crippen molar-refractivity contribution in [1.29, 1.82) is 0 Å². The van der Waals surface area contributed by atoms with Crippen LogP contribution in [0, 0.1) is 12.3 Å². The molecule has 1 aromatic carbocycles. The number of anilines is 1. The Hall–Kier alpha value is -1.06. The molecule has 20 heavy (non-hydrogen) atoms. The Morgan fingerprint density at radius 2 is 2.10 bits per heavy atom. The number of hydrogen-bond donors (Lipinski definition) is 1. The molecule has 2 rings (SSSR count). The first-order chi connectivity index (χ1) is 9.71. The first-order valence-electron chi connectivity index (χ1n) is 7.80. The van der Waals surface area contributed by atoms with Gasteiger partial charge < -0.3 is 15.0 Å². The highest BCUT2D eigenvalue weighted by atomic mass is 16.5. The van der Waals surface area contributed by atoms with Crippen LogP contribution in [-0.4, -0.2) is 39.4 Å². The summed E-state index contributed by atoms with van der Waals surface area (Å²) < 4.78 is 5.70. The lowest BCUT2D eigenvalue weighted by molar-refractivity contribution is 0.152. The average molecular weight is 276 g/mol. The molecule has 0 spiro atoms. The van der Waals surface area contributed by atoms with E-state index < -0.39 is 0 Å². The molecule has 1 heterocycles. The zero-order valence-corrected chi connectivity index (χ0v) is 13.1. The normalized spacial score (nSPS) is 22.1. The molecule has 1 aliphatic heterocycles. The van der Waals surface area contributed by atoms with Crippen LogP contribution in [0.4, 0.5) is 5.69 Å². The summed E-state index contributed by atoms with van der Waals surface area (Å²) in [7, 11) is 0. The van der Waals surface area contributed by atoms with E-state index >= 15 is 0 Å². The van der Waals surface area contributed by atoms with Gasteiger partial charge in [-0.3, -0.25) is 0 Å². The van der Waals surface area contributed by atoms with E-state index in [1.54, 1.807) is 0 Å². The minimum Gasteiger partial charge on any atom is -0.381 e. The SMILES string of the molecule is CCNCC1(CN(CC)c2ccccc2C)CCOC1. The third-order valence-corrected chi connectivity index (χ3v) is 4.30. The number of para-hydroxylation sites is 1. The van der Waals surface area contributed by atoms with E-state index in [4.69, 9.17) is 4.74 Å². The molecule has 0 saturated carbocycles. The molecule has 3 nitrogen and oxygen atoms in total. The monoisotopic (exact) mass is 276 g/mol. The van der Waals surface area contributed by atoms with Crippen LogP contribution in [0.5, 0.6) is 0 Å².